The quantitative estimate of drug-likeness (QED) is 0.627. The van der Waals surface area contributed by atoms with Crippen molar-refractivity contribution in [1.82, 2.24) is 0 Å². The van der Waals surface area contributed by atoms with Gasteiger partial charge < -0.3 is 14.2 Å². The standard InChI is InChI=1S/C18H16O4/c1-13(18(19)20-11-14-5-3-2-4-6-14)9-15-7-8-16-17(10-15)22-12-21-16/h2-8,10H,1,9,11-12H2. The summed E-state index contributed by atoms with van der Waals surface area (Å²) in [5, 5.41) is 0. The fraction of sp³-hybridized carbons (Fsp3) is 0.167. The maximum absolute atomic E-state index is 12.0. The van der Waals surface area contributed by atoms with E-state index in [2.05, 4.69) is 6.58 Å². The smallest absolute Gasteiger partial charge is 0.334 e. The highest BCUT2D eigenvalue weighted by molar-refractivity contribution is 5.88. The molecule has 0 N–H and O–H groups in total. The Hall–Kier alpha value is -2.75. The van der Waals surface area contributed by atoms with Crippen LogP contribution in [0.15, 0.2) is 60.7 Å². The molecule has 4 nitrogen and oxygen atoms in total. The molecule has 0 unspecified atom stereocenters. The van der Waals surface area contributed by atoms with Gasteiger partial charge in [-0.25, -0.2) is 4.79 Å². The first-order valence-electron chi connectivity index (χ1n) is 7.00. The van der Waals surface area contributed by atoms with Crippen LogP contribution in [0.1, 0.15) is 11.1 Å². The molecule has 1 heterocycles. The van der Waals surface area contributed by atoms with Gasteiger partial charge in [0, 0.05) is 12.0 Å². The van der Waals surface area contributed by atoms with Crippen molar-refractivity contribution in [3.05, 3.63) is 71.8 Å². The van der Waals surface area contributed by atoms with E-state index in [0.29, 0.717) is 17.7 Å². The van der Waals surface area contributed by atoms with Crippen molar-refractivity contribution in [2.24, 2.45) is 0 Å². The zero-order valence-electron chi connectivity index (χ0n) is 12.1. The molecule has 0 saturated heterocycles. The zero-order valence-corrected chi connectivity index (χ0v) is 12.1. The molecule has 2 aromatic rings. The van der Waals surface area contributed by atoms with E-state index in [1.54, 1.807) is 0 Å². The molecular formula is C18H16O4. The number of benzene rings is 2. The Kier molecular flexibility index (Phi) is 4.10. The number of hydrogen-bond acceptors (Lipinski definition) is 4. The lowest BCUT2D eigenvalue weighted by Crippen LogP contribution is -2.09. The van der Waals surface area contributed by atoms with Crippen LogP contribution < -0.4 is 9.47 Å². The second-order valence-electron chi connectivity index (χ2n) is 5.03. The molecule has 0 bridgehead atoms. The van der Waals surface area contributed by atoms with Crippen LogP contribution in [0.25, 0.3) is 0 Å². The highest BCUT2D eigenvalue weighted by Crippen LogP contribution is 2.33. The van der Waals surface area contributed by atoms with Crippen LogP contribution in [0.2, 0.25) is 0 Å². The van der Waals surface area contributed by atoms with Crippen LogP contribution in [0.5, 0.6) is 11.5 Å². The molecule has 0 saturated carbocycles. The van der Waals surface area contributed by atoms with Crippen LogP contribution in [-0.2, 0) is 22.6 Å². The molecule has 2 aromatic carbocycles. The van der Waals surface area contributed by atoms with Crippen LogP contribution in [0.4, 0.5) is 0 Å². The summed E-state index contributed by atoms with van der Waals surface area (Å²) in [6, 6.07) is 15.1. The number of esters is 1. The third-order valence-electron chi connectivity index (χ3n) is 3.36. The summed E-state index contributed by atoms with van der Waals surface area (Å²) in [6.07, 6.45) is 0.421. The van der Waals surface area contributed by atoms with Crippen LogP contribution >= 0.6 is 0 Å². The third kappa shape index (κ3) is 3.28. The van der Waals surface area contributed by atoms with Crippen molar-refractivity contribution >= 4 is 5.97 Å². The van der Waals surface area contributed by atoms with Gasteiger partial charge in [0.15, 0.2) is 11.5 Å². The number of hydrogen-bond donors (Lipinski definition) is 0. The molecule has 1 aliphatic heterocycles. The first-order chi connectivity index (χ1) is 10.7. The lowest BCUT2D eigenvalue weighted by Gasteiger charge is -2.08. The van der Waals surface area contributed by atoms with Crippen LogP contribution in [-0.4, -0.2) is 12.8 Å². The Bertz CT molecular complexity index is 691. The van der Waals surface area contributed by atoms with Gasteiger partial charge in [0.2, 0.25) is 6.79 Å². The van der Waals surface area contributed by atoms with Crippen LogP contribution in [0, 0.1) is 0 Å². The lowest BCUT2D eigenvalue weighted by atomic mass is 10.1. The van der Waals surface area contributed by atoms with Crippen molar-refractivity contribution in [3.63, 3.8) is 0 Å². The average Bonchev–Trinajstić information content (AvgIpc) is 3.01. The molecule has 112 valence electrons. The molecule has 22 heavy (non-hydrogen) atoms. The summed E-state index contributed by atoms with van der Waals surface area (Å²) < 4.78 is 15.8. The molecule has 4 heteroatoms. The molecule has 0 fully saturated rings. The molecule has 0 radical (unpaired) electrons. The first kappa shape index (κ1) is 14.2. The van der Waals surface area contributed by atoms with E-state index in [0.717, 1.165) is 16.9 Å². The van der Waals surface area contributed by atoms with E-state index in [4.69, 9.17) is 14.2 Å². The third-order valence-corrected chi connectivity index (χ3v) is 3.36. The maximum atomic E-state index is 12.0. The summed E-state index contributed by atoms with van der Waals surface area (Å²) in [5.41, 5.74) is 2.30. The molecule has 0 amide bonds. The minimum absolute atomic E-state index is 0.235. The van der Waals surface area contributed by atoms with Gasteiger partial charge in [-0.15, -0.1) is 0 Å². The predicted octanol–water partition coefficient (Wildman–Crippen LogP) is 3.26. The Morgan fingerprint density at radius 3 is 2.64 bits per heavy atom. The van der Waals surface area contributed by atoms with Gasteiger partial charge in [-0.2, -0.15) is 0 Å². The van der Waals surface area contributed by atoms with E-state index in [-0.39, 0.29) is 19.4 Å². The Morgan fingerprint density at radius 2 is 1.82 bits per heavy atom. The van der Waals surface area contributed by atoms with E-state index in [9.17, 15) is 4.79 Å². The fourth-order valence-corrected chi connectivity index (χ4v) is 2.19. The van der Waals surface area contributed by atoms with Gasteiger partial charge in [0.1, 0.15) is 6.61 Å². The fourth-order valence-electron chi connectivity index (χ4n) is 2.19. The minimum atomic E-state index is -0.387. The Morgan fingerprint density at radius 1 is 1.05 bits per heavy atom. The monoisotopic (exact) mass is 296 g/mol. The lowest BCUT2D eigenvalue weighted by molar-refractivity contribution is -0.140. The van der Waals surface area contributed by atoms with Crippen LogP contribution in [0.3, 0.4) is 0 Å². The number of carbonyl (C=O) groups is 1. The second-order valence-corrected chi connectivity index (χ2v) is 5.03. The average molecular weight is 296 g/mol. The number of ether oxygens (including phenoxy) is 3. The van der Waals surface area contributed by atoms with E-state index in [1.165, 1.54) is 0 Å². The molecule has 0 atom stereocenters. The van der Waals surface area contributed by atoms with Gasteiger partial charge in [-0.05, 0) is 23.3 Å². The van der Waals surface area contributed by atoms with Crippen molar-refractivity contribution < 1.29 is 19.0 Å². The molecule has 1 aliphatic rings. The highest BCUT2D eigenvalue weighted by atomic mass is 16.7. The van der Waals surface area contributed by atoms with Gasteiger partial charge >= 0.3 is 5.97 Å². The SMILES string of the molecule is C=C(Cc1ccc2c(c1)OCO2)C(=O)OCc1ccccc1. The predicted molar refractivity (Wildman–Crippen MR) is 81.6 cm³/mol. The van der Waals surface area contributed by atoms with Gasteiger partial charge in [0.05, 0.1) is 0 Å². The van der Waals surface area contributed by atoms with Gasteiger partial charge in [-0.1, -0.05) is 43.0 Å². The summed E-state index contributed by atoms with van der Waals surface area (Å²) >= 11 is 0. The Balaban J connectivity index is 1.56. The number of rotatable bonds is 5. The van der Waals surface area contributed by atoms with Crippen molar-refractivity contribution in [1.29, 1.82) is 0 Å². The number of carbonyl (C=O) groups excluding carboxylic acids is 1. The van der Waals surface area contributed by atoms with Crippen molar-refractivity contribution in [2.75, 3.05) is 6.79 Å². The maximum Gasteiger partial charge on any atom is 0.334 e. The summed E-state index contributed by atoms with van der Waals surface area (Å²) in [5.74, 6) is 1.03. The second kappa shape index (κ2) is 6.35. The largest absolute Gasteiger partial charge is 0.457 e. The van der Waals surface area contributed by atoms with Crippen molar-refractivity contribution in [3.8, 4) is 11.5 Å². The van der Waals surface area contributed by atoms with E-state index in [1.807, 2.05) is 48.5 Å². The summed E-state index contributed by atoms with van der Waals surface area (Å²) in [6.45, 7) is 4.29. The first-order valence-corrected chi connectivity index (χ1v) is 7.00. The van der Waals surface area contributed by atoms with Gasteiger partial charge in [-0.3, -0.25) is 0 Å². The number of fused-ring (bicyclic) bond motifs is 1. The summed E-state index contributed by atoms with van der Waals surface area (Å²) in [7, 11) is 0. The molecular weight excluding hydrogens is 280 g/mol. The highest BCUT2D eigenvalue weighted by Gasteiger charge is 2.15. The zero-order chi connectivity index (χ0) is 15.4. The molecule has 0 aliphatic carbocycles. The molecule has 3 rings (SSSR count). The molecule has 0 aromatic heterocycles. The van der Waals surface area contributed by atoms with Gasteiger partial charge in [0.25, 0.3) is 0 Å². The van der Waals surface area contributed by atoms with E-state index < -0.39 is 0 Å². The summed E-state index contributed by atoms with van der Waals surface area (Å²) in [4.78, 5) is 12.0. The van der Waals surface area contributed by atoms with Crippen molar-refractivity contribution in [2.45, 2.75) is 13.0 Å². The topological polar surface area (TPSA) is 44.8 Å². The van der Waals surface area contributed by atoms with E-state index >= 15 is 0 Å². The normalized spacial score (nSPS) is 12.0. The Labute approximate surface area is 128 Å². The molecule has 0 spiro atoms. The minimum Gasteiger partial charge on any atom is -0.457 e.